The zero-order valence-electron chi connectivity index (χ0n) is 11.2. The molecule has 1 unspecified atom stereocenters. The molecule has 0 bridgehead atoms. The van der Waals surface area contributed by atoms with E-state index < -0.39 is 21.2 Å². The van der Waals surface area contributed by atoms with Crippen LogP contribution in [0.4, 0.5) is 0 Å². The predicted molar refractivity (Wildman–Crippen MR) is 77.2 cm³/mol. The fraction of sp³-hybridized carbons (Fsp3) is 0.583. The normalized spacial score (nSPS) is 19.9. The highest BCUT2D eigenvalue weighted by Crippen LogP contribution is 2.15. The third kappa shape index (κ3) is 3.38. The standard InChI is InChI=1S/C12H18N2O4S2/c1-10(12(15)16)20(17,18)14-5-3-13(4-6-14)8-11-2-7-19-9-11/h2,7,9-10H,3-6,8H2,1H3,(H,15,16). The zero-order valence-corrected chi connectivity index (χ0v) is 12.9. The van der Waals surface area contributed by atoms with Crippen LogP contribution in [0.15, 0.2) is 16.8 Å². The molecular weight excluding hydrogens is 300 g/mol. The second-order valence-corrected chi connectivity index (χ2v) is 7.87. The number of hydrogen-bond acceptors (Lipinski definition) is 5. The molecule has 0 aliphatic carbocycles. The smallest absolute Gasteiger partial charge is 0.323 e. The van der Waals surface area contributed by atoms with Gasteiger partial charge >= 0.3 is 5.97 Å². The maximum Gasteiger partial charge on any atom is 0.323 e. The second-order valence-electron chi connectivity index (χ2n) is 4.83. The van der Waals surface area contributed by atoms with Crippen LogP contribution in [-0.4, -0.2) is 60.1 Å². The number of piperazine rings is 1. The third-order valence-electron chi connectivity index (χ3n) is 3.47. The Morgan fingerprint density at radius 3 is 2.55 bits per heavy atom. The van der Waals surface area contributed by atoms with E-state index in [4.69, 9.17) is 5.11 Å². The third-order valence-corrected chi connectivity index (χ3v) is 6.38. The van der Waals surface area contributed by atoms with Gasteiger partial charge in [-0.1, -0.05) is 0 Å². The van der Waals surface area contributed by atoms with Crippen LogP contribution in [0.2, 0.25) is 0 Å². The molecule has 1 aromatic rings. The van der Waals surface area contributed by atoms with Gasteiger partial charge in [-0.25, -0.2) is 8.42 Å². The SMILES string of the molecule is CC(C(=O)O)S(=O)(=O)N1CCN(Cc2ccsc2)CC1. The molecule has 1 aliphatic rings. The number of thiophene rings is 1. The number of hydrogen-bond donors (Lipinski definition) is 1. The van der Waals surface area contributed by atoms with Crippen LogP contribution in [0.5, 0.6) is 0 Å². The van der Waals surface area contributed by atoms with Gasteiger partial charge in [0.25, 0.3) is 0 Å². The minimum atomic E-state index is -3.74. The van der Waals surface area contributed by atoms with Crippen molar-refractivity contribution in [3.63, 3.8) is 0 Å². The Balaban J connectivity index is 1.92. The average Bonchev–Trinajstić information content (AvgIpc) is 2.91. The molecule has 0 aromatic carbocycles. The van der Waals surface area contributed by atoms with Crippen molar-refractivity contribution in [3.05, 3.63) is 22.4 Å². The summed E-state index contributed by atoms with van der Waals surface area (Å²) in [6.07, 6.45) is 0. The van der Waals surface area contributed by atoms with Gasteiger partial charge in [0, 0.05) is 32.7 Å². The molecule has 1 aromatic heterocycles. The number of aliphatic carboxylic acids is 1. The lowest BCUT2D eigenvalue weighted by Gasteiger charge is -2.34. The molecule has 2 rings (SSSR count). The zero-order chi connectivity index (χ0) is 14.8. The van der Waals surface area contributed by atoms with Crippen LogP contribution in [0.3, 0.4) is 0 Å². The molecular formula is C12H18N2O4S2. The van der Waals surface area contributed by atoms with Crippen molar-refractivity contribution in [1.82, 2.24) is 9.21 Å². The van der Waals surface area contributed by atoms with Crippen molar-refractivity contribution in [1.29, 1.82) is 0 Å². The first-order chi connectivity index (χ1) is 9.41. The minimum absolute atomic E-state index is 0.351. The number of sulfonamides is 1. The molecule has 0 spiro atoms. The lowest BCUT2D eigenvalue weighted by Crippen LogP contribution is -2.51. The fourth-order valence-corrected chi connectivity index (χ4v) is 4.17. The Bertz CT molecular complexity index is 548. The first-order valence-corrected chi connectivity index (χ1v) is 8.81. The van der Waals surface area contributed by atoms with E-state index in [2.05, 4.69) is 16.3 Å². The summed E-state index contributed by atoms with van der Waals surface area (Å²) in [5, 5.41) is 11.6. The van der Waals surface area contributed by atoms with Crippen molar-refractivity contribution >= 4 is 27.3 Å². The van der Waals surface area contributed by atoms with Gasteiger partial charge < -0.3 is 5.11 Å². The van der Waals surface area contributed by atoms with Gasteiger partial charge in [0.2, 0.25) is 10.0 Å². The summed E-state index contributed by atoms with van der Waals surface area (Å²) in [7, 11) is -3.74. The Morgan fingerprint density at radius 2 is 2.05 bits per heavy atom. The summed E-state index contributed by atoms with van der Waals surface area (Å²) >= 11 is 1.64. The number of carboxylic acid groups (broad SMARTS) is 1. The molecule has 20 heavy (non-hydrogen) atoms. The molecule has 1 fully saturated rings. The van der Waals surface area contributed by atoms with Gasteiger partial charge in [-0.05, 0) is 29.3 Å². The summed E-state index contributed by atoms with van der Waals surface area (Å²) in [4.78, 5) is 13.0. The van der Waals surface area contributed by atoms with Crippen molar-refractivity contribution in [2.75, 3.05) is 26.2 Å². The van der Waals surface area contributed by atoms with Crippen molar-refractivity contribution < 1.29 is 18.3 Å². The van der Waals surface area contributed by atoms with E-state index in [0.29, 0.717) is 26.2 Å². The summed E-state index contributed by atoms with van der Waals surface area (Å²) in [5.41, 5.74) is 1.23. The van der Waals surface area contributed by atoms with E-state index in [1.807, 2.05) is 5.38 Å². The predicted octanol–water partition coefficient (Wildman–Crippen LogP) is 0.669. The Kier molecular flexibility index (Phi) is 4.79. The maximum atomic E-state index is 12.1. The highest BCUT2D eigenvalue weighted by atomic mass is 32.2. The molecule has 8 heteroatoms. The van der Waals surface area contributed by atoms with Crippen molar-refractivity contribution in [3.8, 4) is 0 Å². The molecule has 1 N–H and O–H groups in total. The molecule has 0 amide bonds. The first kappa shape index (κ1) is 15.4. The van der Waals surface area contributed by atoms with E-state index in [1.165, 1.54) is 16.8 Å². The highest BCUT2D eigenvalue weighted by Gasteiger charge is 2.35. The van der Waals surface area contributed by atoms with Gasteiger partial charge in [0.15, 0.2) is 5.25 Å². The minimum Gasteiger partial charge on any atom is -0.480 e. The van der Waals surface area contributed by atoms with E-state index in [0.717, 1.165) is 6.54 Å². The molecule has 112 valence electrons. The molecule has 0 saturated carbocycles. The first-order valence-electron chi connectivity index (χ1n) is 6.36. The number of carboxylic acids is 1. The van der Waals surface area contributed by atoms with Crippen LogP contribution in [-0.2, 0) is 21.4 Å². The lowest BCUT2D eigenvalue weighted by atomic mass is 10.3. The monoisotopic (exact) mass is 318 g/mol. The van der Waals surface area contributed by atoms with Crippen LogP contribution >= 0.6 is 11.3 Å². The van der Waals surface area contributed by atoms with Crippen LogP contribution in [0.25, 0.3) is 0 Å². The van der Waals surface area contributed by atoms with Gasteiger partial charge in [-0.2, -0.15) is 15.6 Å². The van der Waals surface area contributed by atoms with E-state index in [-0.39, 0.29) is 0 Å². The molecule has 0 radical (unpaired) electrons. The Hall–Kier alpha value is -0.960. The van der Waals surface area contributed by atoms with Crippen LogP contribution in [0.1, 0.15) is 12.5 Å². The van der Waals surface area contributed by atoms with Crippen LogP contribution < -0.4 is 0 Å². The van der Waals surface area contributed by atoms with E-state index in [9.17, 15) is 13.2 Å². The summed E-state index contributed by atoms with van der Waals surface area (Å²) < 4.78 is 25.4. The summed E-state index contributed by atoms with van der Waals surface area (Å²) in [5.74, 6) is -1.30. The fourth-order valence-electron chi connectivity index (χ4n) is 2.13. The van der Waals surface area contributed by atoms with Gasteiger partial charge in [0.05, 0.1) is 0 Å². The molecule has 6 nitrogen and oxygen atoms in total. The van der Waals surface area contributed by atoms with E-state index >= 15 is 0 Å². The summed E-state index contributed by atoms with van der Waals surface area (Å²) in [6, 6.07) is 2.06. The molecule has 1 saturated heterocycles. The van der Waals surface area contributed by atoms with E-state index in [1.54, 1.807) is 11.3 Å². The number of rotatable bonds is 5. The largest absolute Gasteiger partial charge is 0.480 e. The topological polar surface area (TPSA) is 77.9 Å². The highest BCUT2D eigenvalue weighted by molar-refractivity contribution is 7.90. The Morgan fingerprint density at radius 1 is 1.40 bits per heavy atom. The molecule has 2 heterocycles. The number of carbonyl (C=O) groups is 1. The van der Waals surface area contributed by atoms with Gasteiger partial charge in [-0.3, -0.25) is 9.69 Å². The van der Waals surface area contributed by atoms with Crippen LogP contribution in [0, 0.1) is 0 Å². The Labute approximate surface area is 122 Å². The molecule has 1 aliphatic heterocycles. The van der Waals surface area contributed by atoms with Crippen molar-refractivity contribution in [2.24, 2.45) is 0 Å². The summed E-state index contributed by atoms with van der Waals surface area (Å²) in [6.45, 7) is 3.98. The maximum absolute atomic E-state index is 12.1. The average molecular weight is 318 g/mol. The van der Waals surface area contributed by atoms with Gasteiger partial charge in [-0.15, -0.1) is 0 Å². The molecule has 1 atom stereocenters. The number of nitrogens with zero attached hydrogens (tertiary/aromatic N) is 2. The van der Waals surface area contributed by atoms with Gasteiger partial charge in [0.1, 0.15) is 0 Å². The second kappa shape index (κ2) is 6.21. The lowest BCUT2D eigenvalue weighted by molar-refractivity contribution is -0.136. The quantitative estimate of drug-likeness (QED) is 0.863. The van der Waals surface area contributed by atoms with Crippen molar-refractivity contribution in [2.45, 2.75) is 18.7 Å².